The number of fused-ring (bicyclic) bond motifs is 1. The standard InChI is InChI=1S/C21H26N2O3/c1-24-19-13-21-20(25-10-5-11-26-21)12-17(19)15-23-9-3-2-7-18(23)16-6-4-8-22-14-16/h4,6,8,12-14,18H,2-3,5,7,9-11,15H2,1H3/t18-/m0/s1. The summed E-state index contributed by atoms with van der Waals surface area (Å²) in [7, 11) is 1.72. The minimum atomic E-state index is 0.401. The molecule has 1 fully saturated rings. The molecule has 0 radical (unpaired) electrons. The van der Waals surface area contributed by atoms with Crippen molar-refractivity contribution >= 4 is 0 Å². The Bertz CT molecular complexity index is 736. The van der Waals surface area contributed by atoms with Gasteiger partial charge < -0.3 is 14.2 Å². The molecule has 0 aliphatic carbocycles. The van der Waals surface area contributed by atoms with Crippen molar-refractivity contribution in [1.82, 2.24) is 9.88 Å². The first-order valence-corrected chi connectivity index (χ1v) is 9.45. The Morgan fingerprint density at radius 3 is 2.77 bits per heavy atom. The van der Waals surface area contributed by atoms with Crippen LogP contribution in [0.3, 0.4) is 0 Å². The highest BCUT2D eigenvalue weighted by molar-refractivity contribution is 5.51. The molecule has 4 rings (SSSR count). The van der Waals surface area contributed by atoms with E-state index in [1.165, 1.54) is 24.8 Å². The molecule has 0 spiro atoms. The first kappa shape index (κ1) is 17.2. The van der Waals surface area contributed by atoms with Gasteiger partial charge in [0, 0.05) is 43.0 Å². The molecule has 0 unspecified atom stereocenters. The van der Waals surface area contributed by atoms with Crippen LogP contribution in [0.2, 0.25) is 0 Å². The van der Waals surface area contributed by atoms with Crippen LogP contribution in [0.5, 0.6) is 17.2 Å². The third kappa shape index (κ3) is 3.63. The summed E-state index contributed by atoms with van der Waals surface area (Å²) in [6, 6.07) is 8.67. The maximum Gasteiger partial charge on any atom is 0.164 e. The van der Waals surface area contributed by atoms with Crippen LogP contribution in [0.25, 0.3) is 0 Å². The number of aromatic nitrogens is 1. The predicted molar refractivity (Wildman–Crippen MR) is 99.8 cm³/mol. The van der Waals surface area contributed by atoms with Crippen LogP contribution < -0.4 is 14.2 Å². The van der Waals surface area contributed by atoms with E-state index in [2.05, 4.69) is 22.0 Å². The number of ether oxygens (including phenoxy) is 3. The Morgan fingerprint density at radius 2 is 2.00 bits per heavy atom. The predicted octanol–water partition coefficient (Wildman–Crippen LogP) is 3.98. The van der Waals surface area contributed by atoms with E-state index in [-0.39, 0.29) is 0 Å². The van der Waals surface area contributed by atoms with Crippen LogP contribution >= 0.6 is 0 Å². The lowest BCUT2D eigenvalue weighted by Gasteiger charge is -2.36. The van der Waals surface area contributed by atoms with E-state index in [1.54, 1.807) is 7.11 Å². The number of pyridine rings is 1. The highest BCUT2D eigenvalue weighted by Crippen LogP contribution is 2.39. The van der Waals surface area contributed by atoms with Gasteiger partial charge in [-0.3, -0.25) is 9.88 Å². The summed E-state index contributed by atoms with van der Waals surface area (Å²) in [6.45, 7) is 3.29. The number of methoxy groups -OCH3 is 1. The van der Waals surface area contributed by atoms with E-state index < -0.39 is 0 Å². The summed E-state index contributed by atoms with van der Waals surface area (Å²) in [5, 5.41) is 0. The van der Waals surface area contributed by atoms with Crippen molar-refractivity contribution in [1.29, 1.82) is 0 Å². The fraction of sp³-hybridized carbons (Fsp3) is 0.476. The third-order valence-electron chi connectivity index (χ3n) is 5.21. The lowest BCUT2D eigenvalue weighted by molar-refractivity contribution is 0.138. The largest absolute Gasteiger partial charge is 0.496 e. The second-order valence-corrected chi connectivity index (χ2v) is 6.93. The minimum Gasteiger partial charge on any atom is -0.496 e. The zero-order valence-electron chi connectivity index (χ0n) is 15.3. The smallest absolute Gasteiger partial charge is 0.164 e. The SMILES string of the molecule is COc1cc2c(cc1CN1CCCC[C@H]1c1cccnc1)OCCCO2. The molecule has 2 aliphatic heterocycles. The van der Waals surface area contributed by atoms with Gasteiger partial charge in [0.2, 0.25) is 0 Å². The molecular formula is C21H26N2O3. The molecule has 1 saturated heterocycles. The van der Waals surface area contributed by atoms with Crippen molar-refractivity contribution in [2.45, 2.75) is 38.3 Å². The van der Waals surface area contributed by atoms with Gasteiger partial charge in [-0.25, -0.2) is 0 Å². The fourth-order valence-corrected chi connectivity index (χ4v) is 3.90. The molecule has 0 saturated carbocycles. The van der Waals surface area contributed by atoms with E-state index >= 15 is 0 Å². The summed E-state index contributed by atoms with van der Waals surface area (Å²) in [5.74, 6) is 2.48. The first-order valence-electron chi connectivity index (χ1n) is 9.45. The average molecular weight is 354 g/mol. The molecule has 0 N–H and O–H groups in total. The zero-order valence-corrected chi connectivity index (χ0v) is 15.3. The van der Waals surface area contributed by atoms with Gasteiger partial charge in [0.15, 0.2) is 11.5 Å². The monoisotopic (exact) mass is 354 g/mol. The molecule has 1 atom stereocenters. The van der Waals surface area contributed by atoms with Crippen molar-refractivity contribution < 1.29 is 14.2 Å². The summed E-state index contributed by atoms with van der Waals surface area (Å²) >= 11 is 0. The van der Waals surface area contributed by atoms with E-state index in [0.717, 1.165) is 42.3 Å². The third-order valence-corrected chi connectivity index (χ3v) is 5.21. The number of hydrogen-bond acceptors (Lipinski definition) is 5. The van der Waals surface area contributed by atoms with Crippen molar-refractivity contribution in [3.8, 4) is 17.2 Å². The van der Waals surface area contributed by atoms with Gasteiger partial charge in [0.1, 0.15) is 5.75 Å². The number of benzene rings is 1. The average Bonchev–Trinajstić information content (AvgIpc) is 2.93. The maximum atomic E-state index is 5.88. The molecule has 0 bridgehead atoms. The molecule has 2 aromatic rings. The van der Waals surface area contributed by atoms with Crippen LogP contribution in [-0.4, -0.2) is 36.8 Å². The van der Waals surface area contributed by atoms with E-state index in [0.29, 0.717) is 19.3 Å². The molecular weight excluding hydrogens is 328 g/mol. The van der Waals surface area contributed by atoms with Gasteiger partial charge in [0.25, 0.3) is 0 Å². The van der Waals surface area contributed by atoms with Crippen LogP contribution in [0.1, 0.15) is 42.9 Å². The topological polar surface area (TPSA) is 43.8 Å². The fourth-order valence-electron chi connectivity index (χ4n) is 3.90. The number of rotatable bonds is 4. The number of hydrogen-bond donors (Lipinski definition) is 0. The first-order chi connectivity index (χ1) is 12.8. The van der Waals surface area contributed by atoms with Gasteiger partial charge in [-0.15, -0.1) is 0 Å². The van der Waals surface area contributed by atoms with Crippen LogP contribution in [0.15, 0.2) is 36.7 Å². The van der Waals surface area contributed by atoms with Crippen molar-refractivity contribution in [3.63, 3.8) is 0 Å². The number of likely N-dealkylation sites (tertiary alicyclic amines) is 1. The Hall–Kier alpha value is -2.27. The number of nitrogens with zero attached hydrogens (tertiary/aromatic N) is 2. The molecule has 3 heterocycles. The molecule has 138 valence electrons. The van der Waals surface area contributed by atoms with E-state index in [1.807, 2.05) is 24.5 Å². The molecule has 5 nitrogen and oxygen atoms in total. The molecule has 1 aromatic carbocycles. The van der Waals surface area contributed by atoms with Crippen LogP contribution in [0, 0.1) is 0 Å². The Kier molecular flexibility index (Phi) is 5.25. The van der Waals surface area contributed by atoms with Gasteiger partial charge in [-0.05, 0) is 37.1 Å². The van der Waals surface area contributed by atoms with Crippen LogP contribution in [-0.2, 0) is 6.54 Å². The minimum absolute atomic E-state index is 0.401. The molecule has 0 amide bonds. The molecule has 1 aromatic heterocycles. The second-order valence-electron chi connectivity index (χ2n) is 6.93. The van der Waals surface area contributed by atoms with Crippen LogP contribution in [0.4, 0.5) is 0 Å². The summed E-state index contributed by atoms with van der Waals surface area (Å²) in [4.78, 5) is 6.85. The molecule has 2 aliphatic rings. The Morgan fingerprint density at radius 1 is 1.15 bits per heavy atom. The summed E-state index contributed by atoms with van der Waals surface area (Å²) in [5.41, 5.74) is 2.44. The van der Waals surface area contributed by atoms with Crippen molar-refractivity contribution in [2.24, 2.45) is 0 Å². The number of piperidine rings is 1. The van der Waals surface area contributed by atoms with Crippen molar-refractivity contribution in [2.75, 3.05) is 26.9 Å². The van der Waals surface area contributed by atoms with Gasteiger partial charge >= 0.3 is 0 Å². The van der Waals surface area contributed by atoms with Crippen molar-refractivity contribution in [3.05, 3.63) is 47.8 Å². The summed E-state index contributed by atoms with van der Waals surface area (Å²) < 4.78 is 17.3. The lowest BCUT2D eigenvalue weighted by atomic mass is 9.95. The van der Waals surface area contributed by atoms with Gasteiger partial charge in [0.05, 0.1) is 20.3 Å². The quantitative estimate of drug-likeness (QED) is 0.831. The zero-order chi connectivity index (χ0) is 17.8. The van der Waals surface area contributed by atoms with Gasteiger partial charge in [-0.1, -0.05) is 12.5 Å². The van der Waals surface area contributed by atoms with Gasteiger partial charge in [-0.2, -0.15) is 0 Å². The maximum absolute atomic E-state index is 5.88. The van der Waals surface area contributed by atoms with E-state index in [4.69, 9.17) is 14.2 Å². The second kappa shape index (κ2) is 7.96. The highest BCUT2D eigenvalue weighted by atomic mass is 16.5. The summed E-state index contributed by atoms with van der Waals surface area (Å²) in [6.07, 6.45) is 8.38. The lowest BCUT2D eigenvalue weighted by Crippen LogP contribution is -2.33. The Labute approximate surface area is 154 Å². The highest BCUT2D eigenvalue weighted by Gasteiger charge is 2.26. The Balaban J connectivity index is 1.61. The van der Waals surface area contributed by atoms with E-state index in [9.17, 15) is 0 Å². The molecule has 26 heavy (non-hydrogen) atoms. The normalized spacial score (nSPS) is 20.4. The molecule has 5 heteroatoms.